The normalized spacial score (nSPS) is 11.9. The van der Waals surface area contributed by atoms with E-state index in [2.05, 4.69) is 4.98 Å². The average Bonchev–Trinajstić information content (AvgIpc) is 3.14. The Kier molecular flexibility index (Phi) is 5.46. The fourth-order valence-corrected chi connectivity index (χ4v) is 3.56. The van der Waals surface area contributed by atoms with Crippen LogP contribution in [0, 0.1) is 0 Å². The summed E-state index contributed by atoms with van der Waals surface area (Å²) >= 11 is 1.48. The number of carbonyl (C=O) groups is 1. The molecule has 0 aliphatic heterocycles. The first-order chi connectivity index (χ1) is 12.2. The van der Waals surface area contributed by atoms with Crippen molar-refractivity contribution in [3.63, 3.8) is 0 Å². The van der Waals surface area contributed by atoms with Gasteiger partial charge < -0.3 is 9.84 Å². The van der Waals surface area contributed by atoms with E-state index in [1.807, 2.05) is 60.8 Å². The van der Waals surface area contributed by atoms with Gasteiger partial charge in [0.25, 0.3) is 0 Å². The number of benzene rings is 2. The molecule has 0 saturated heterocycles. The van der Waals surface area contributed by atoms with Crippen LogP contribution >= 0.6 is 11.3 Å². The van der Waals surface area contributed by atoms with Gasteiger partial charge in [-0.2, -0.15) is 0 Å². The monoisotopic (exact) mass is 353 g/mol. The van der Waals surface area contributed by atoms with E-state index in [1.165, 1.54) is 11.3 Å². The molecule has 5 heteroatoms. The minimum absolute atomic E-state index is 0.0238. The predicted octanol–water partition coefficient (Wildman–Crippen LogP) is 4.82. The van der Waals surface area contributed by atoms with E-state index >= 15 is 0 Å². The molecule has 1 heterocycles. The van der Waals surface area contributed by atoms with Crippen molar-refractivity contribution in [1.82, 2.24) is 4.98 Å². The number of rotatable bonds is 7. The van der Waals surface area contributed by atoms with Gasteiger partial charge in [-0.25, -0.2) is 4.98 Å². The van der Waals surface area contributed by atoms with Crippen LogP contribution in [0.25, 0.3) is 11.1 Å². The lowest BCUT2D eigenvalue weighted by Crippen LogP contribution is -2.07. The summed E-state index contributed by atoms with van der Waals surface area (Å²) in [5.41, 5.74) is 3.03. The van der Waals surface area contributed by atoms with Crippen molar-refractivity contribution in [3.05, 3.63) is 70.7 Å². The Bertz CT molecular complexity index is 846. The number of thiazole rings is 1. The molecule has 1 N–H and O–H groups in total. The second kappa shape index (κ2) is 7.94. The topological polar surface area (TPSA) is 59.4 Å². The third-order valence-electron chi connectivity index (χ3n) is 3.90. The lowest BCUT2D eigenvalue weighted by atomic mass is 9.93. The van der Waals surface area contributed by atoms with Crippen LogP contribution in [0.4, 0.5) is 0 Å². The molecule has 128 valence electrons. The van der Waals surface area contributed by atoms with Crippen LogP contribution in [-0.4, -0.2) is 22.7 Å². The molecule has 0 radical (unpaired) electrons. The summed E-state index contributed by atoms with van der Waals surface area (Å²) in [5, 5.41) is 12.0. The third-order valence-corrected chi connectivity index (χ3v) is 4.78. The minimum Gasteiger partial charge on any atom is -0.494 e. The Morgan fingerprint density at radius 3 is 2.64 bits per heavy atom. The van der Waals surface area contributed by atoms with Crippen LogP contribution in [0.15, 0.2) is 60.1 Å². The SMILES string of the molecule is CCOc1cccc(-c2cccc(C(CC(=O)O)c3nccs3)c2)c1. The molecule has 0 aliphatic carbocycles. The fourth-order valence-electron chi connectivity index (χ4n) is 2.80. The van der Waals surface area contributed by atoms with Gasteiger partial charge in [-0.05, 0) is 35.7 Å². The zero-order valence-electron chi connectivity index (χ0n) is 13.9. The maximum atomic E-state index is 11.3. The molecule has 3 rings (SSSR count). The van der Waals surface area contributed by atoms with Crippen molar-refractivity contribution in [2.75, 3.05) is 6.61 Å². The lowest BCUT2D eigenvalue weighted by Gasteiger charge is -2.14. The van der Waals surface area contributed by atoms with Gasteiger partial charge in [0.2, 0.25) is 0 Å². The van der Waals surface area contributed by atoms with E-state index in [9.17, 15) is 9.90 Å². The molecule has 0 saturated carbocycles. The summed E-state index contributed by atoms with van der Waals surface area (Å²) in [6.45, 7) is 2.58. The lowest BCUT2D eigenvalue weighted by molar-refractivity contribution is -0.137. The van der Waals surface area contributed by atoms with Gasteiger partial charge in [-0.1, -0.05) is 36.4 Å². The largest absolute Gasteiger partial charge is 0.494 e. The standard InChI is InChI=1S/C20H19NO3S/c1-2-24-17-8-4-6-15(12-17)14-5-3-7-16(11-14)18(13-19(22)23)20-21-9-10-25-20/h3-12,18H,2,13H2,1H3,(H,22,23). The molecule has 0 spiro atoms. The Morgan fingerprint density at radius 1 is 1.20 bits per heavy atom. The summed E-state index contributed by atoms with van der Waals surface area (Å²) in [4.78, 5) is 15.6. The molecule has 0 bridgehead atoms. The molecule has 4 nitrogen and oxygen atoms in total. The molecule has 3 aromatic rings. The molecular formula is C20H19NO3S. The Balaban J connectivity index is 1.97. The first-order valence-electron chi connectivity index (χ1n) is 8.11. The molecule has 0 aliphatic rings. The van der Waals surface area contributed by atoms with Gasteiger partial charge in [0.1, 0.15) is 10.8 Å². The molecule has 0 amide bonds. The van der Waals surface area contributed by atoms with E-state index in [-0.39, 0.29) is 12.3 Å². The zero-order valence-corrected chi connectivity index (χ0v) is 14.7. The average molecular weight is 353 g/mol. The first kappa shape index (κ1) is 17.2. The highest BCUT2D eigenvalue weighted by molar-refractivity contribution is 7.09. The van der Waals surface area contributed by atoms with Gasteiger partial charge in [0, 0.05) is 17.5 Å². The van der Waals surface area contributed by atoms with Gasteiger partial charge in [-0.3, -0.25) is 4.79 Å². The summed E-state index contributed by atoms with van der Waals surface area (Å²) in [5.74, 6) is -0.246. The fraction of sp³-hybridized carbons (Fsp3) is 0.200. The molecule has 2 aromatic carbocycles. The number of nitrogens with zero attached hydrogens (tertiary/aromatic N) is 1. The number of hydrogen-bond acceptors (Lipinski definition) is 4. The summed E-state index contributed by atoms with van der Waals surface area (Å²) < 4.78 is 5.57. The second-order valence-electron chi connectivity index (χ2n) is 5.61. The second-order valence-corrected chi connectivity index (χ2v) is 6.53. The number of carboxylic acids is 1. The Hall–Kier alpha value is -2.66. The number of aromatic nitrogens is 1. The van der Waals surface area contributed by atoms with Crippen molar-refractivity contribution in [3.8, 4) is 16.9 Å². The predicted molar refractivity (Wildman–Crippen MR) is 99.3 cm³/mol. The van der Waals surface area contributed by atoms with Crippen LogP contribution < -0.4 is 4.74 Å². The van der Waals surface area contributed by atoms with Crippen LogP contribution in [0.1, 0.15) is 29.8 Å². The molecule has 0 fully saturated rings. The highest BCUT2D eigenvalue weighted by atomic mass is 32.1. The minimum atomic E-state index is -0.830. The van der Waals surface area contributed by atoms with Gasteiger partial charge in [0.05, 0.1) is 13.0 Å². The summed E-state index contributed by atoms with van der Waals surface area (Å²) in [6, 6.07) is 15.9. The van der Waals surface area contributed by atoms with Gasteiger partial charge >= 0.3 is 5.97 Å². The Labute approximate surface area is 150 Å². The van der Waals surface area contributed by atoms with E-state index < -0.39 is 5.97 Å². The number of aliphatic carboxylic acids is 1. The zero-order chi connectivity index (χ0) is 17.6. The molecule has 1 atom stereocenters. The molecular weight excluding hydrogens is 334 g/mol. The van der Waals surface area contributed by atoms with E-state index in [0.29, 0.717) is 6.61 Å². The van der Waals surface area contributed by atoms with Crippen LogP contribution in [0.2, 0.25) is 0 Å². The first-order valence-corrected chi connectivity index (χ1v) is 8.99. The maximum Gasteiger partial charge on any atom is 0.304 e. The van der Waals surface area contributed by atoms with Gasteiger partial charge in [-0.15, -0.1) is 11.3 Å². The van der Waals surface area contributed by atoms with Crippen molar-refractivity contribution < 1.29 is 14.6 Å². The third kappa shape index (κ3) is 4.25. The Morgan fingerprint density at radius 2 is 1.96 bits per heavy atom. The van der Waals surface area contributed by atoms with Crippen LogP contribution in [-0.2, 0) is 4.79 Å². The summed E-state index contributed by atoms with van der Waals surface area (Å²) in [7, 11) is 0. The van der Waals surface area contributed by atoms with Crippen molar-refractivity contribution in [2.45, 2.75) is 19.3 Å². The molecule has 1 aromatic heterocycles. The van der Waals surface area contributed by atoms with Crippen LogP contribution in [0.5, 0.6) is 5.75 Å². The number of hydrogen-bond donors (Lipinski definition) is 1. The van der Waals surface area contributed by atoms with Crippen LogP contribution in [0.3, 0.4) is 0 Å². The van der Waals surface area contributed by atoms with Crippen molar-refractivity contribution >= 4 is 17.3 Å². The van der Waals surface area contributed by atoms with E-state index in [4.69, 9.17) is 4.74 Å². The van der Waals surface area contributed by atoms with Crippen molar-refractivity contribution in [2.24, 2.45) is 0 Å². The van der Waals surface area contributed by atoms with Crippen molar-refractivity contribution in [1.29, 1.82) is 0 Å². The maximum absolute atomic E-state index is 11.3. The number of carboxylic acid groups (broad SMARTS) is 1. The van der Waals surface area contributed by atoms with E-state index in [1.54, 1.807) is 6.20 Å². The highest BCUT2D eigenvalue weighted by Gasteiger charge is 2.20. The van der Waals surface area contributed by atoms with Gasteiger partial charge in [0.15, 0.2) is 0 Å². The highest BCUT2D eigenvalue weighted by Crippen LogP contribution is 2.33. The number of ether oxygens (including phenoxy) is 1. The summed E-state index contributed by atoms with van der Waals surface area (Å²) in [6.07, 6.45) is 1.74. The smallest absolute Gasteiger partial charge is 0.304 e. The molecule has 1 unspecified atom stereocenters. The quantitative estimate of drug-likeness (QED) is 0.662. The molecule has 25 heavy (non-hydrogen) atoms. The van der Waals surface area contributed by atoms with E-state index in [0.717, 1.165) is 27.4 Å².